The van der Waals surface area contributed by atoms with E-state index in [2.05, 4.69) is 51.7 Å². The standard InChI is InChI=1S/C19H24N2OS/c1-2-8-16(9-3-1)21-17-10-4-5-11-18(17)22-19(23-21)12-15-20-13-6-7-14-20/h1-3,5,8-9,11,19H,4,6-7,10,12-15H2. The van der Waals surface area contributed by atoms with Gasteiger partial charge in [-0.2, -0.15) is 0 Å². The van der Waals surface area contributed by atoms with Crippen molar-refractivity contribution in [2.45, 2.75) is 37.5 Å². The summed E-state index contributed by atoms with van der Waals surface area (Å²) in [5.41, 5.74) is 2.79. The van der Waals surface area contributed by atoms with Crippen LogP contribution in [0, 0.1) is 0 Å². The Bertz CT molecular complexity index is 593. The number of anilines is 1. The molecule has 0 aromatic heterocycles. The van der Waals surface area contributed by atoms with Gasteiger partial charge in [-0.15, -0.1) is 0 Å². The predicted molar refractivity (Wildman–Crippen MR) is 97.1 cm³/mol. The first-order valence-corrected chi connectivity index (χ1v) is 9.54. The van der Waals surface area contributed by atoms with Gasteiger partial charge in [0.25, 0.3) is 0 Å². The van der Waals surface area contributed by atoms with Crippen LogP contribution < -0.4 is 4.31 Å². The van der Waals surface area contributed by atoms with E-state index in [4.69, 9.17) is 4.74 Å². The van der Waals surface area contributed by atoms with Crippen molar-refractivity contribution >= 4 is 17.6 Å². The molecule has 2 heterocycles. The molecule has 1 atom stereocenters. The Morgan fingerprint density at radius 3 is 2.78 bits per heavy atom. The Labute approximate surface area is 143 Å². The Morgan fingerprint density at radius 2 is 1.96 bits per heavy atom. The van der Waals surface area contributed by atoms with Gasteiger partial charge in [0, 0.05) is 24.9 Å². The number of allylic oxidation sites excluding steroid dienone is 3. The summed E-state index contributed by atoms with van der Waals surface area (Å²) in [4.78, 5) is 2.57. The van der Waals surface area contributed by atoms with Gasteiger partial charge in [0.1, 0.15) is 5.76 Å². The van der Waals surface area contributed by atoms with Crippen molar-refractivity contribution in [2.75, 3.05) is 23.9 Å². The summed E-state index contributed by atoms with van der Waals surface area (Å²) < 4.78 is 8.69. The zero-order valence-corrected chi connectivity index (χ0v) is 14.3. The fourth-order valence-corrected chi connectivity index (χ4v) is 4.61. The van der Waals surface area contributed by atoms with E-state index in [0.717, 1.165) is 31.6 Å². The maximum Gasteiger partial charge on any atom is 0.165 e. The molecule has 3 aliphatic rings. The predicted octanol–water partition coefficient (Wildman–Crippen LogP) is 4.55. The van der Waals surface area contributed by atoms with Crippen LogP contribution in [-0.4, -0.2) is 30.0 Å². The average molecular weight is 328 g/mol. The van der Waals surface area contributed by atoms with Crippen LogP contribution in [0.4, 0.5) is 5.69 Å². The second kappa shape index (κ2) is 7.02. The van der Waals surface area contributed by atoms with Crippen LogP contribution in [0.3, 0.4) is 0 Å². The lowest BCUT2D eigenvalue weighted by molar-refractivity contribution is 0.165. The number of para-hydroxylation sites is 1. The molecule has 1 aromatic carbocycles. The van der Waals surface area contributed by atoms with Gasteiger partial charge >= 0.3 is 0 Å². The number of nitrogens with zero attached hydrogens (tertiary/aromatic N) is 2. The molecule has 4 heteroatoms. The van der Waals surface area contributed by atoms with Gasteiger partial charge in [0.15, 0.2) is 5.44 Å². The Balaban J connectivity index is 1.51. The number of ether oxygens (including phenoxy) is 1. The molecule has 0 spiro atoms. The van der Waals surface area contributed by atoms with Gasteiger partial charge in [-0.05, 0) is 57.0 Å². The monoisotopic (exact) mass is 328 g/mol. The number of rotatable bonds is 4. The van der Waals surface area contributed by atoms with Crippen LogP contribution in [0.25, 0.3) is 0 Å². The van der Waals surface area contributed by atoms with Crippen LogP contribution in [0.2, 0.25) is 0 Å². The summed E-state index contributed by atoms with van der Waals surface area (Å²) in [5, 5.41) is 0. The average Bonchev–Trinajstić information content (AvgIpc) is 3.13. The molecule has 0 amide bonds. The van der Waals surface area contributed by atoms with Gasteiger partial charge in [-0.25, -0.2) is 0 Å². The van der Waals surface area contributed by atoms with Crippen molar-refractivity contribution in [3.8, 4) is 0 Å². The molecule has 0 bridgehead atoms. The van der Waals surface area contributed by atoms with Crippen LogP contribution in [0.5, 0.6) is 0 Å². The lowest BCUT2D eigenvalue weighted by atomic mass is 10.1. The van der Waals surface area contributed by atoms with Crippen molar-refractivity contribution in [2.24, 2.45) is 0 Å². The molecule has 23 heavy (non-hydrogen) atoms. The van der Waals surface area contributed by atoms with Crippen molar-refractivity contribution in [1.82, 2.24) is 4.90 Å². The van der Waals surface area contributed by atoms with Crippen molar-refractivity contribution < 1.29 is 4.74 Å². The Hall–Kier alpha value is -1.39. The molecule has 1 saturated heterocycles. The van der Waals surface area contributed by atoms with Crippen LogP contribution >= 0.6 is 11.9 Å². The fourth-order valence-electron chi connectivity index (χ4n) is 3.47. The first kappa shape index (κ1) is 15.2. The number of benzene rings is 1. The molecule has 0 saturated carbocycles. The molecular weight excluding hydrogens is 304 g/mol. The highest BCUT2D eigenvalue weighted by Gasteiger charge is 2.30. The minimum atomic E-state index is 0.206. The normalized spacial score (nSPS) is 24.7. The minimum absolute atomic E-state index is 0.206. The molecule has 2 aliphatic heterocycles. The molecule has 0 N–H and O–H groups in total. The maximum absolute atomic E-state index is 6.29. The molecule has 1 unspecified atom stereocenters. The summed E-state index contributed by atoms with van der Waals surface area (Å²) in [7, 11) is 0. The van der Waals surface area contributed by atoms with E-state index in [-0.39, 0.29) is 5.44 Å². The zero-order valence-electron chi connectivity index (χ0n) is 13.5. The minimum Gasteiger partial charge on any atom is -0.476 e. The van der Waals surface area contributed by atoms with Crippen LogP contribution in [0.15, 0.2) is 53.9 Å². The number of likely N-dealkylation sites (tertiary alicyclic amines) is 1. The summed E-state index contributed by atoms with van der Waals surface area (Å²) >= 11 is 1.85. The van der Waals surface area contributed by atoms with Crippen LogP contribution in [-0.2, 0) is 4.74 Å². The summed E-state index contributed by atoms with van der Waals surface area (Å²) in [5.74, 6) is 1.07. The highest BCUT2D eigenvalue weighted by atomic mass is 32.2. The molecule has 1 aliphatic carbocycles. The van der Waals surface area contributed by atoms with Gasteiger partial charge < -0.3 is 9.64 Å². The van der Waals surface area contributed by atoms with Gasteiger partial charge in [0.2, 0.25) is 0 Å². The third kappa shape index (κ3) is 3.43. The molecular formula is C19H24N2OS. The van der Waals surface area contributed by atoms with E-state index in [1.54, 1.807) is 0 Å². The highest BCUT2D eigenvalue weighted by molar-refractivity contribution is 8.01. The van der Waals surface area contributed by atoms with Gasteiger partial charge in [-0.1, -0.05) is 24.3 Å². The smallest absolute Gasteiger partial charge is 0.165 e. The summed E-state index contributed by atoms with van der Waals surface area (Å²) in [6, 6.07) is 10.7. The van der Waals surface area contributed by atoms with E-state index in [1.165, 1.54) is 37.3 Å². The molecule has 4 rings (SSSR count). The van der Waals surface area contributed by atoms with E-state index in [9.17, 15) is 0 Å². The lowest BCUT2D eigenvalue weighted by Crippen LogP contribution is -2.31. The third-order valence-electron chi connectivity index (χ3n) is 4.70. The van der Waals surface area contributed by atoms with E-state index in [0.29, 0.717) is 0 Å². The quantitative estimate of drug-likeness (QED) is 0.753. The molecule has 1 aromatic rings. The fraction of sp³-hybridized carbons (Fsp3) is 0.474. The number of hydrogen-bond acceptors (Lipinski definition) is 4. The van der Waals surface area contributed by atoms with Crippen molar-refractivity contribution in [1.29, 1.82) is 0 Å². The molecule has 3 nitrogen and oxygen atoms in total. The number of hydrogen-bond donors (Lipinski definition) is 0. The Kier molecular flexibility index (Phi) is 4.62. The second-order valence-electron chi connectivity index (χ2n) is 6.37. The first-order chi connectivity index (χ1) is 11.4. The largest absolute Gasteiger partial charge is 0.476 e. The zero-order chi connectivity index (χ0) is 15.5. The molecule has 1 fully saturated rings. The van der Waals surface area contributed by atoms with Gasteiger partial charge in [0.05, 0.1) is 11.4 Å². The maximum atomic E-state index is 6.29. The van der Waals surface area contributed by atoms with E-state index in [1.807, 2.05) is 11.9 Å². The molecule has 122 valence electrons. The highest BCUT2D eigenvalue weighted by Crippen LogP contribution is 2.42. The van der Waals surface area contributed by atoms with Crippen LogP contribution in [0.1, 0.15) is 32.1 Å². The molecule has 0 radical (unpaired) electrons. The first-order valence-electron chi connectivity index (χ1n) is 8.71. The van der Waals surface area contributed by atoms with E-state index < -0.39 is 0 Å². The SMILES string of the molecule is C1=CC2=C(CC1)N(c1ccccc1)SC(CCN1CCCC1)O2. The van der Waals surface area contributed by atoms with Crippen molar-refractivity contribution in [3.05, 3.63) is 53.9 Å². The summed E-state index contributed by atoms with van der Waals surface area (Å²) in [6.45, 7) is 3.66. The van der Waals surface area contributed by atoms with Crippen molar-refractivity contribution in [3.63, 3.8) is 0 Å². The summed E-state index contributed by atoms with van der Waals surface area (Å²) in [6.07, 6.45) is 10.3. The topological polar surface area (TPSA) is 15.7 Å². The second-order valence-corrected chi connectivity index (χ2v) is 7.47. The lowest BCUT2D eigenvalue weighted by Gasteiger charge is -2.37. The van der Waals surface area contributed by atoms with E-state index >= 15 is 0 Å². The third-order valence-corrected chi connectivity index (χ3v) is 5.91. The van der Waals surface area contributed by atoms with Gasteiger partial charge in [-0.3, -0.25) is 4.31 Å². The Morgan fingerprint density at radius 1 is 1.13 bits per heavy atom.